The van der Waals surface area contributed by atoms with E-state index in [2.05, 4.69) is 10.3 Å². The summed E-state index contributed by atoms with van der Waals surface area (Å²) in [7, 11) is 0. The summed E-state index contributed by atoms with van der Waals surface area (Å²) >= 11 is 0. The molecule has 1 aromatic heterocycles. The number of aryl methyl sites for hydroxylation is 1. The van der Waals surface area contributed by atoms with Crippen LogP contribution < -0.4 is 10.9 Å². The first-order chi connectivity index (χ1) is 12.0. The summed E-state index contributed by atoms with van der Waals surface area (Å²) in [4.78, 5) is 38.6. The molecule has 8 nitrogen and oxygen atoms in total. The zero-order valence-corrected chi connectivity index (χ0v) is 13.1. The quantitative estimate of drug-likeness (QED) is 0.567. The number of nitrogens with one attached hydrogen (secondary N) is 1. The number of carbonyl (C=O) groups excluding carboxylic acids is 1. The van der Waals surface area contributed by atoms with Crippen molar-refractivity contribution >= 4 is 28.2 Å². The van der Waals surface area contributed by atoms with Gasteiger partial charge in [-0.25, -0.2) is 4.98 Å². The average Bonchev–Trinajstić information content (AvgIpc) is 2.62. The third kappa shape index (κ3) is 3.69. The van der Waals surface area contributed by atoms with Gasteiger partial charge in [-0.15, -0.1) is 0 Å². The average molecular weight is 338 g/mol. The summed E-state index contributed by atoms with van der Waals surface area (Å²) in [6.45, 7) is 0.190. The number of nitro groups is 1. The molecule has 0 saturated heterocycles. The molecule has 1 N–H and O–H groups in total. The maximum absolute atomic E-state index is 12.3. The highest BCUT2D eigenvalue weighted by Gasteiger charge is 2.08. The number of aromatic nitrogens is 2. The van der Waals surface area contributed by atoms with Crippen LogP contribution in [-0.4, -0.2) is 20.4 Å². The first kappa shape index (κ1) is 16.3. The van der Waals surface area contributed by atoms with E-state index in [4.69, 9.17) is 0 Å². The second kappa shape index (κ2) is 6.91. The predicted molar refractivity (Wildman–Crippen MR) is 92.3 cm³/mol. The molecule has 0 aliphatic rings. The molecule has 1 heterocycles. The van der Waals surface area contributed by atoms with Gasteiger partial charge in [-0.3, -0.25) is 24.3 Å². The molecule has 0 fully saturated rings. The molecule has 0 radical (unpaired) electrons. The Morgan fingerprint density at radius 3 is 2.60 bits per heavy atom. The number of benzene rings is 2. The van der Waals surface area contributed by atoms with Gasteiger partial charge in [0.05, 0.1) is 22.2 Å². The van der Waals surface area contributed by atoms with Gasteiger partial charge in [0.15, 0.2) is 0 Å². The van der Waals surface area contributed by atoms with Crippen LogP contribution in [0.15, 0.2) is 59.7 Å². The number of para-hydroxylation sites is 1. The van der Waals surface area contributed by atoms with Gasteiger partial charge >= 0.3 is 0 Å². The monoisotopic (exact) mass is 338 g/mol. The third-order valence-corrected chi connectivity index (χ3v) is 3.67. The van der Waals surface area contributed by atoms with Crippen LogP contribution in [-0.2, 0) is 11.3 Å². The highest BCUT2D eigenvalue weighted by atomic mass is 16.6. The molecule has 0 atom stereocenters. The molecular formula is C17H14N4O4. The van der Waals surface area contributed by atoms with E-state index in [1.807, 2.05) is 0 Å². The molecular weight excluding hydrogens is 324 g/mol. The van der Waals surface area contributed by atoms with Crippen molar-refractivity contribution in [2.75, 3.05) is 5.32 Å². The van der Waals surface area contributed by atoms with Gasteiger partial charge in [-0.05, 0) is 24.3 Å². The summed E-state index contributed by atoms with van der Waals surface area (Å²) in [5, 5.41) is 13.7. The van der Waals surface area contributed by atoms with Crippen LogP contribution in [0.4, 0.5) is 11.4 Å². The van der Waals surface area contributed by atoms with E-state index in [9.17, 15) is 19.7 Å². The van der Waals surface area contributed by atoms with Gasteiger partial charge in [0.1, 0.15) is 0 Å². The van der Waals surface area contributed by atoms with Crippen molar-refractivity contribution in [2.24, 2.45) is 0 Å². The SMILES string of the molecule is O=C(CCn1cnc2ccccc2c1=O)Nc1ccc([N+](=O)[O-])cc1. The lowest BCUT2D eigenvalue weighted by Crippen LogP contribution is -2.23. The van der Waals surface area contributed by atoms with Crippen LogP contribution in [0.1, 0.15) is 6.42 Å². The van der Waals surface area contributed by atoms with E-state index in [1.165, 1.54) is 35.2 Å². The smallest absolute Gasteiger partial charge is 0.269 e. The Kier molecular flexibility index (Phi) is 4.51. The van der Waals surface area contributed by atoms with E-state index in [0.717, 1.165) is 0 Å². The minimum Gasteiger partial charge on any atom is -0.326 e. The molecule has 0 unspecified atom stereocenters. The van der Waals surface area contributed by atoms with E-state index >= 15 is 0 Å². The lowest BCUT2D eigenvalue weighted by Gasteiger charge is -2.07. The Balaban J connectivity index is 1.65. The fourth-order valence-corrected chi connectivity index (χ4v) is 2.38. The molecule has 1 amide bonds. The van der Waals surface area contributed by atoms with Crippen molar-refractivity contribution in [3.8, 4) is 0 Å². The number of nitrogens with zero attached hydrogens (tertiary/aromatic N) is 3. The molecule has 3 aromatic rings. The number of anilines is 1. The Bertz CT molecular complexity index is 995. The molecule has 2 aromatic carbocycles. The highest BCUT2D eigenvalue weighted by molar-refractivity contribution is 5.90. The lowest BCUT2D eigenvalue weighted by molar-refractivity contribution is -0.384. The number of rotatable bonds is 5. The summed E-state index contributed by atoms with van der Waals surface area (Å²) in [6.07, 6.45) is 1.50. The largest absolute Gasteiger partial charge is 0.326 e. The molecule has 126 valence electrons. The first-order valence-electron chi connectivity index (χ1n) is 7.53. The summed E-state index contributed by atoms with van der Waals surface area (Å²) in [5.41, 5.74) is 0.819. The summed E-state index contributed by atoms with van der Waals surface area (Å²) < 4.78 is 1.39. The number of hydrogen-bond acceptors (Lipinski definition) is 5. The zero-order chi connectivity index (χ0) is 17.8. The number of non-ortho nitro benzene ring substituents is 1. The Morgan fingerprint density at radius 1 is 1.16 bits per heavy atom. The highest BCUT2D eigenvalue weighted by Crippen LogP contribution is 2.15. The summed E-state index contributed by atoms with van der Waals surface area (Å²) in [5.74, 6) is -0.297. The number of fused-ring (bicyclic) bond motifs is 1. The van der Waals surface area contributed by atoms with Gasteiger partial charge in [0.2, 0.25) is 5.91 Å². The second-order valence-electron chi connectivity index (χ2n) is 5.36. The Morgan fingerprint density at radius 2 is 1.88 bits per heavy atom. The molecule has 0 aliphatic carbocycles. The number of amides is 1. The van der Waals surface area contributed by atoms with E-state index in [1.54, 1.807) is 24.3 Å². The topological polar surface area (TPSA) is 107 Å². The fraction of sp³-hybridized carbons (Fsp3) is 0.118. The van der Waals surface area contributed by atoms with Crippen molar-refractivity contribution < 1.29 is 9.72 Å². The van der Waals surface area contributed by atoms with Crippen LogP contribution in [0, 0.1) is 10.1 Å². The number of hydrogen-bond donors (Lipinski definition) is 1. The molecule has 0 aliphatic heterocycles. The molecule has 0 spiro atoms. The molecule has 25 heavy (non-hydrogen) atoms. The molecule has 8 heteroatoms. The Hall–Kier alpha value is -3.55. The van der Waals surface area contributed by atoms with Gasteiger partial charge in [-0.2, -0.15) is 0 Å². The molecule has 3 rings (SSSR count). The van der Waals surface area contributed by atoms with E-state index in [-0.39, 0.29) is 30.1 Å². The second-order valence-corrected chi connectivity index (χ2v) is 5.36. The van der Waals surface area contributed by atoms with Crippen LogP contribution in [0.5, 0.6) is 0 Å². The van der Waals surface area contributed by atoms with Crippen LogP contribution in [0.2, 0.25) is 0 Å². The van der Waals surface area contributed by atoms with E-state index in [0.29, 0.717) is 16.6 Å². The zero-order valence-electron chi connectivity index (χ0n) is 13.1. The number of nitro benzene ring substituents is 1. The molecule has 0 bridgehead atoms. The van der Waals surface area contributed by atoms with Crippen LogP contribution >= 0.6 is 0 Å². The normalized spacial score (nSPS) is 10.6. The van der Waals surface area contributed by atoms with Crippen LogP contribution in [0.25, 0.3) is 10.9 Å². The van der Waals surface area contributed by atoms with Crippen molar-refractivity contribution in [1.82, 2.24) is 9.55 Å². The number of carbonyl (C=O) groups is 1. The predicted octanol–water partition coefficient (Wildman–Crippen LogP) is 2.33. The van der Waals surface area contributed by atoms with Gasteiger partial charge in [0, 0.05) is 30.8 Å². The maximum atomic E-state index is 12.3. The lowest BCUT2D eigenvalue weighted by atomic mass is 10.2. The van der Waals surface area contributed by atoms with Crippen molar-refractivity contribution in [1.29, 1.82) is 0 Å². The van der Waals surface area contributed by atoms with Crippen molar-refractivity contribution in [3.63, 3.8) is 0 Å². The van der Waals surface area contributed by atoms with Crippen molar-refractivity contribution in [3.05, 3.63) is 75.3 Å². The Labute approximate surface area is 141 Å². The van der Waals surface area contributed by atoms with Gasteiger partial charge in [-0.1, -0.05) is 12.1 Å². The van der Waals surface area contributed by atoms with Crippen molar-refractivity contribution in [2.45, 2.75) is 13.0 Å². The first-order valence-corrected chi connectivity index (χ1v) is 7.53. The van der Waals surface area contributed by atoms with Crippen LogP contribution in [0.3, 0.4) is 0 Å². The van der Waals surface area contributed by atoms with Gasteiger partial charge in [0.25, 0.3) is 11.2 Å². The summed E-state index contributed by atoms with van der Waals surface area (Å²) in [6, 6.07) is 12.6. The minimum absolute atomic E-state index is 0.0493. The van der Waals surface area contributed by atoms with Gasteiger partial charge < -0.3 is 5.32 Å². The molecule has 0 saturated carbocycles. The minimum atomic E-state index is -0.509. The van der Waals surface area contributed by atoms with E-state index < -0.39 is 4.92 Å². The standard InChI is InChI=1S/C17H14N4O4/c22-16(19-12-5-7-13(8-6-12)21(24)25)9-10-20-11-18-15-4-2-1-3-14(15)17(20)23/h1-8,11H,9-10H2,(H,19,22). The fourth-order valence-electron chi connectivity index (χ4n) is 2.38. The third-order valence-electron chi connectivity index (χ3n) is 3.67. The maximum Gasteiger partial charge on any atom is 0.269 e.